The van der Waals surface area contributed by atoms with Crippen LogP contribution in [0.4, 0.5) is 4.39 Å². The van der Waals surface area contributed by atoms with Gasteiger partial charge in [0.15, 0.2) is 0 Å². The molecule has 5 heteroatoms. The first kappa shape index (κ1) is 13.8. The standard InChI is InChI=1S/C14H18FNO3/c15-12-1-3-13(4-2-12)19-10-9-16-7-5-11(6-8-16)14(17)18/h1-4,11H,5-10H2,(H,17,18). The molecule has 19 heavy (non-hydrogen) atoms. The van der Waals surface area contributed by atoms with Crippen molar-refractivity contribution in [2.24, 2.45) is 5.92 Å². The lowest BCUT2D eigenvalue weighted by Gasteiger charge is -2.29. The van der Waals surface area contributed by atoms with E-state index in [1.807, 2.05) is 0 Å². The molecule has 1 aromatic carbocycles. The SMILES string of the molecule is O=C(O)C1CCN(CCOc2ccc(F)cc2)CC1. The number of carboxylic acid groups (broad SMARTS) is 1. The Morgan fingerprint density at radius 1 is 1.32 bits per heavy atom. The highest BCUT2D eigenvalue weighted by molar-refractivity contribution is 5.70. The summed E-state index contributed by atoms with van der Waals surface area (Å²) in [4.78, 5) is 13.0. The van der Waals surface area contributed by atoms with E-state index in [1.54, 1.807) is 12.1 Å². The number of rotatable bonds is 5. The molecule has 1 saturated heterocycles. The van der Waals surface area contributed by atoms with E-state index >= 15 is 0 Å². The van der Waals surface area contributed by atoms with E-state index in [1.165, 1.54) is 12.1 Å². The molecule has 0 saturated carbocycles. The molecule has 0 unspecified atom stereocenters. The molecule has 0 aliphatic carbocycles. The van der Waals surface area contributed by atoms with Gasteiger partial charge in [-0.2, -0.15) is 0 Å². The molecular formula is C14H18FNO3. The zero-order chi connectivity index (χ0) is 13.7. The molecule has 0 radical (unpaired) electrons. The van der Waals surface area contributed by atoms with Crippen molar-refractivity contribution in [2.45, 2.75) is 12.8 Å². The van der Waals surface area contributed by atoms with Gasteiger partial charge >= 0.3 is 5.97 Å². The van der Waals surface area contributed by atoms with Crippen molar-refractivity contribution in [3.63, 3.8) is 0 Å². The summed E-state index contributed by atoms with van der Waals surface area (Å²) in [6.45, 7) is 2.89. The van der Waals surface area contributed by atoms with Crippen molar-refractivity contribution in [1.29, 1.82) is 0 Å². The van der Waals surface area contributed by atoms with Gasteiger partial charge < -0.3 is 9.84 Å². The van der Waals surface area contributed by atoms with E-state index in [0.717, 1.165) is 19.6 Å². The van der Waals surface area contributed by atoms with Crippen LogP contribution >= 0.6 is 0 Å². The minimum Gasteiger partial charge on any atom is -0.492 e. The van der Waals surface area contributed by atoms with Crippen LogP contribution in [0.5, 0.6) is 5.75 Å². The largest absolute Gasteiger partial charge is 0.492 e. The Kier molecular flexibility index (Phi) is 4.74. The van der Waals surface area contributed by atoms with Crippen LogP contribution in [0.1, 0.15) is 12.8 Å². The van der Waals surface area contributed by atoms with E-state index in [0.29, 0.717) is 25.2 Å². The first-order valence-corrected chi connectivity index (χ1v) is 6.48. The monoisotopic (exact) mass is 267 g/mol. The first-order chi connectivity index (χ1) is 9.15. The number of benzene rings is 1. The van der Waals surface area contributed by atoms with Crippen LogP contribution < -0.4 is 4.74 Å². The maximum absolute atomic E-state index is 12.7. The Labute approximate surface area is 111 Å². The van der Waals surface area contributed by atoms with Gasteiger partial charge in [-0.1, -0.05) is 0 Å². The number of hydrogen-bond donors (Lipinski definition) is 1. The zero-order valence-electron chi connectivity index (χ0n) is 10.7. The molecule has 1 N–H and O–H groups in total. The number of aliphatic carboxylic acids is 1. The summed E-state index contributed by atoms with van der Waals surface area (Å²) in [5.41, 5.74) is 0. The molecule has 0 atom stereocenters. The minimum atomic E-state index is -0.692. The topological polar surface area (TPSA) is 49.8 Å². The molecule has 0 spiro atoms. The summed E-state index contributed by atoms with van der Waals surface area (Å²) in [5.74, 6) is -0.513. The molecule has 1 fully saturated rings. The lowest BCUT2D eigenvalue weighted by atomic mass is 9.97. The maximum Gasteiger partial charge on any atom is 0.306 e. The Balaban J connectivity index is 1.67. The maximum atomic E-state index is 12.7. The summed E-state index contributed by atoms with van der Waals surface area (Å²) >= 11 is 0. The second kappa shape index (κ2) is 6.52. The summed E-state index contributed by atoms with van der Waals surface area (Å²) in [7, 11) is 0. The fraction of sp³-hybridized carbons (Fsp3) is 0.500. The number of ether oxygens (including phenoxy) is 1. The number of hydrogen-bond acceptors (Lipinski definition) is 3. The second-order valence-corrected chi connectivity index (χ2v) is 4.76. The third-order valence-corrected chi connectivity index (χ3v) is 3.43. The van der Waals surface area contributed by atoms with E-state index in [-0.39, 0.29) is 11.7 Å². The molecule has 1 heterocycles. The van der Waals surface area contributed by atoms with Gasteiger partial charge in [0.2, 0.25) is 0 Å². The molecule has 1 aromatic rings. The van der Waals surface area contributed by atoms with Gasteiger partial charge in [-0.05, 0) is 50.2 Å². The van der Waals surface area contributed by atoms with Gasteiger partial charge in [0.25, 0.3) is 0 Å². The normalized spacial score (nSPS) is 17.3. The van der Waals surface area contributed by atoms with Crippen LogP contribution in [-0.4, -0.2) is 42.2 Å². The van der Waals surface area contributed by atoms with Crippen LogP contribution in [-0.2, 0) is 4.79 Å². The molecule has 2 rings (SSSR count). The minimum absolute atomic E-state index is 0.200. The Hall–Kier alpha value is -1.62. The molecular weight excluding hydrogens is 249 g/mol. The second-order valence-electron chi connectivity index (χ2n) is 4.76. The molecule has 104 valence electrons. The predicted molar refractivity (Wildman–Crippen MR) is 68.7 cm³/mol. The van der Waals surface area contributed by atoms with E-state index < -0.39 is 5.97 Å². The molecule has 0 bridgehead atoms. The Morgan fingerprint density at radius 3 is 2.53 bits per heavy atom. The van der Waals surface area contributed by atoms with E-state index in [4.69, 9.17) is 9.84 Å². The molecule has 0 aromatic heterocycles. The number of piperidine rings is 1. The number of carbonyl (C=O) groups is 1. The van der Waals surface area contributed by atoms with Gasteiger partial charge in [0.05, 0.1) is 5.92 Å². The van der Waals surface area contributed by atoms with Gasteiger partial charge in [0, 0.05) is 6.54 Å². The number of nitrogens with zero attached hydrogens (tertiary/aromatic N) is 1. The fourth-order valence-electron chi connectivity index (χ4n) is 2.23. The summed E-state index contributed by atoms with van der Waals surface area (Å²) < 4.78 is 18.2. The average molecular weight is 267 g/mol. The van der Waals surface area contributed by atoms with Crippen molar-refractivity contribution in [3.05, 3.63) is 30.1 Å². The predicted octanol–water partition coefficient (Wildman–Crippen LogP) is 2.00. The third kappa shape index (κ3) is 4.21. The number of halogens is 1. The van der Waals surface area contributed by atoms with Gasteiger partial charge in [-0.25, -0.2) is 4.39 Å². The van der Waals surface area contributed by atoms with Crippen LogP contribution in [0, 0.1) is 11.7 Å². The summed E-state index contributed by atoms with van der Waals surface area (Å²) in [6, 6.07) is 5.94. The fourth-order valence-corrected chi connectivity index (χ4v) is 2.23. The van der Waals surface area contributed by atoms with Crippen molar-refractivity contribution in [1.82, 2.24) is 4.90 Å². The van der Waals surface area contributed by atoms with Gasteiger partial charge in [0.1, 0.15) is 18.2 Å². The quantitative estimate of drug-likeness (QED) is 0.886. The van der Waals surface area contributed by atoms with Gasteiger partial charge in [-0.3, -0.25) is 9.69 Å². The zero-order valence-corrected chi connectivity index (χ0v) is 10.7. The van der Waals surface area contributed by atoms with Crippen molar-refractivity contribution < 1.29 is 19.0 Å². The molecule has 1 aliphatic rings. The first-order valence-electron chi connectivity index (χ1n) is 6.48. The number of likely N-dealkylation sites (tertiary alicyclic amines) is 1. The average Bonchev–Trinajstić information content (AvgIpc) is 2.41. The van der Waals surface area contributed by atoms with Crippen LogP contribution in [0.3, 0.4) is 0 Å². The third-order valence-electron chi connectivity index (χ3n) is 3.43. The molecule has 4 nitrogen and oxygen atoms in total. The Bertz CT molecular complexity index is 413. The highest BCUT2D eigenvalue weighted by atomic mass is 19.1. The lowest BCUT2D eigenvalue weighted by molar-refractivity contribution is -0.143. The number of carboxylic acids is 1. The van der Waals surface area contributed by atoms with E-state index in [2.05, 4.69) is 4.90 Å². The lowest BCUT2D eigenvalue weighted by Crippen LogP contribution is -2.38. The van der Waals surface area contributed by atoms with Crippen LogP contribution in [0.15, 0.2) is 24.3 Å². The van der Waals surface area contributed by atoms with Crippen LogP contribution in [0.25, 0.3) is 0 Å². The van der Waals surface area contributed by atoms with Gasteiger partial charge in [-0.15, -0.1) is 0 Å². The molecule has 1 aliphatic heterocycles. The summed E-state index contributed by atoms with van der Waals surface area (Å²) in [6.07, 6.45) is 1.40. The molecule has 0 amide bonds. The van der Waals surface area contributed by atoms with Crippen molar-refractivity contribution in [3.8, 4) is 5.75 Å². The van der Waals surface area contributed by atoms with E-state index in [9.17, 15) is 9.18 Å². The smallest absolute Gasteiger partial charge is 0.306 e. The Morgan fingerprint density at radius 2 is 1.95 bits per heavy atom. The van der Waals surface area contributed by atoms with Crippen molar-refractivity contribution >= 4 is 5.97 Å². The highest BCUT2D eigenvalue weighted by Crippen LogP contribution is 2.17. The van der Waals surface area contributed by atoms with Crippen LogP contribution in [0.2, 0.25) is 0 Å². The highest BCUT2D eigenvalue weighted by Gasteiger charge is 2.23. The van der Waals surface area contributed by atoms with Crippen molar-refractivity contribution in [2.75, 3.05) is 26.2 Å². The summed E-state index contributed by atoms with van der Waals surface area (Å²) in [5, 5.41) is 8.90.